The van der Waals surface area contributed by atoms with Crippen LogP contribution in [0, 0.1) is 5.82 Å². The number of rotatable bonds is 6. The standard InChI is InChI=1S/C14H15ClFN3O2/c1-21-8-12-6-11(18-19-12)7-17-14(20)4-9-2-3-10(16)5-13(9)15/h2-3,5-6H,4,7-8H2,1H3,(H,17,20)(H,18,19). The molecule has 1 amide bonds. The predicted octanol–water partition coefficient (Wildman–Crippen LogP) is 2.21. The molecule has 0 aliphatic heterocycles. The summed E-state index contributed by atoms with van der Waals surface area (Å²) in [6.45, 7) is 0.740. The van der Waals surface area contributed by atoms with E-state index in [9.17, 15) is 9.18 Å². The van der Waals surface area contributed by atoms with E-state index in [2.05, 4.69) is 15.5 Å². The van der Waals surface area contributed by atoms with Crippen LogP contribution in [0.15, 0.2) is 24.3 Å². The van der Waals surface area contributed by atoms with Gasteiger partial charge in [-0.15, -0.1) is 0 Å². The van der Waals surface area contributed by atoms with Gasteiger partial charge in [-0.1, -0.05) is 17.7 Å². The third-order valence-electron chi connectivity index (χ3n) is 2.82. The quantitative estimate of drug-likeness (QED) is 0.859. The summed E-state index contributed by atoms with van der Waals surface area (Å²) in [4.78, 5) is 11.8. The Morgan fingerprint density at radius 1 is 1.48 bits per heavy atom. The summed E-state index contributed by atoms with van der Waals surface area (Å²) >= 11 is 5.88. The summed E-state index contributed by atoms with van der Waals surface area (Å²) in [6, 6.07) is 5.79. The van der Waals surface area contributed by atoms with Crippen LogP contribution in [-0.2, 0) is 29.1 Å². The van der Waals surface area contributed by atoms with Crippen molar-refractivity contribution in [2.24, 2.45) is 0 Å². The van der Waals surface area contributed by atoms with Gasteiger partial charge in [0, 0.05) is 12.1 Å². The molecule has 1 aromatic carbocycles. The van der Waals surface area contributed by atoms with Crippen molar-refractivity contribution >= 4 is 17.5 Å². The third kappa shape index (κ3) is 4.54. The van der Waals surface area contributed by atoms with E-state index in [1.165, 1.54) is 18.2 Å². The molecule has 0 radical (unpaired) electrons. The number of amides is 1. The molecule has 0 fully saturated rings. The van der Waals surface area contributed by atoms with Crippen molar-refractivity contribution in [1.82, 2.24) is 15.5 Å². The minimum atomic E-state index is -0.424. The zero-order valence-electron chi connectivity index (χ0n) is 11.5. The van der Waals surface area contributed by atoms with Crippen molar-refractivity contribution in [3.8, 4) is 0 Å². The SMILES string of the molecule is COCc1cc(CNC(=O)Cc2ccc(F)cc2Cl)[nH]n1. The highest BCUT2D eigenvalue weighted by Gasteiger charge is 2.09. The fourth-order valence-corrected chi connectivity index (χ4v) is 2.05. The molecule has 2 N–H and O–H groups in total. The first-order valence-corrected chi connectivity index (χ1v) is 6.69. The number of aromatic nitrogens is 2. The van der Waals surface area contributed by atoms with Gasteiger partial charge in [0.2, 0.25) is 5.91 Å². The lowest BCUT2D eigenvalue weighted by molar-refractivity contribution is -0.120. The Bertz CT molecular complexity index is 630. The number of nitrogens with one attached hydrogen (secondary N) is 2. The number of ether oxygens (including phenoxy) is 1. The van der Waals surface area contributed by atoms with Gasteiger partial charge in [-0.05, 0) is 23.8 Å². The molecule has 0 saturated heterocycles. The minimum Gasteiger partial charge on any atom is -0.378 e. The Hall–Kier alpha value is -1.92. The van der Waals surface area contributed by atoms with Crippen molar-refractivity contribution in [2.45, 2.75) is 19.6 Å². The largest absolute Gasteiger partial charge is 0.378 e. The zero-order chi connectivity index (χ0) is 15.2. The number of hydrogen-bond acceptors (Lipinski definition) is 3. The van der Waals surface area contributed by atoms with Gasteiger partial charge in [0.15, 0.2) is 0 Å². The number of benzene rings is 1. The molecule has 0 spiro atoms. The van der Waals surface area contributed by atoms with Crippen LogP contribution in [0.1, 0.15) is 17.0 Å². The second-order valence-corrected chi connectivity index (χ2v) is 4.91. The molecule has 1 heterocycles. The fourth-order valence-electron chi connectivity index (χ4n) is 1.82. The van der Waals surface area contributed by atoms with E-state index >= 15 is 0 Å². The summed E-state index contributed by atoms with van der Waals surface area (Å²) < 4.78 is 17.9. The number of carbonyl (C=O) groups is 1. The molecule has 5 nitrogen and oxygen atoms in total. The summed E-state index contributed by atoms with van der Waals surface area (Å²) in [5.74, 6) is -0.626. The summed E-state index contributed by atoms with van der Waals surface area (Å²) in [7, 11) is 1.59. The molecule has 0 aliphatic carbocycles. The first-order valence-electron chi connectivity index (χ1n) is 6.31. The van der Waals surface area contributed by atoms with E-state index in [0.717, 1.165) is 11.4 Å². The van der Waals surface area contributed by atoms with Crippen molar-refractivity contribution < 1.29 is 13.9 Å². The topological polar surface area (TPSA) is 67.0 Å². The molecular weight excluding hydrogens is 297 g/mol. The van der Waals surface area contributed by atoms with Crippen LogP contribution in [-0.4, -0.2) is 23.2 Å². The lowest BCUT2D eigenvalue weighted by Crippen LogP contribution is -2.24. The molecule has 0 unspecified atom stereocenters. The van der Waals surface area contributed by atoms with Crippen LogP contribution in [0.4, 0.5) is 4.39 Å². The smallest absolute Gasteiger partial charge is 0.224 e. The van der Waals surface area contributed by atoms with Gasteiger partial charge in [-0.2, -0.15) is 5.10 Å². The molecule has 7 heteroatoms. The summed E-state index contributed by atoms with van der Waals surface area (Å²) in [6.07, 6.45) is 0.0954. The number of methoxy groups -OCH3 is 1. The number of nitrogens with zero attached hydrogens (tertiary/aromatic N) is 1. The Morgan fingerprint density at radius 3 is 3.00 bits per heavy atom. The number of aromatic amines is 1. The van der Waals surface area contributed by atoms with Crippen LogP contribution < -0.4 is 5.32 Å². The first-order chi connectivity index (χ1) is 10.1. The van der Waals surface area contributed by atoms with Crippen molar-refractivity contribution in [1.29, 1.82) is 0 Å². The maximum absolute atomic E-state index is 12.9. The molecule has 0 atom stereocenters. The molecule has 1 aromatic heterocycles. The van der Waals surface area contributed by atoms with E-state index in [1.54, 1.807) is 7.11 Å². The Morgan fingerprint density at radius 2 is 2.29 bits per heavy atom. The van der Waals surface area contributed by atoms with Gasteiger partial charge >= 0.3 is 0 Å². The molecule has 21 heavy (non-hydrogen) atoms. The molecular formula is C14H15ClFN3O2. The molecule has 0 bridgehead atoms. The molecule has 0 saturated carbocycles. The van der Waals surface area contributed by atoms with Crippen molar-refractivity contribution in [3.63, 3.8) is 0 Å². The van der Waals surface area contributed by atoms with Crippen LogP contribution in [0.5, 0.6) is 0 Å². The Labute approximate surface area is 126 Å². The summed E-state index contributed by atoms with van der Waals surface area (Å²) in [5.41, 5.74) is 2.13. The predicted molar refractivity (Wildman–Crippen MR) is 76.3 cm³/mol. The molecule has 112 valence electrons. The number of hydrogen-bond donors (Lipinski definition) is 2. The highest BCUT2D eigenvalue weighted by Crippen LogP contribution is 2.17. The van der Waals surface area contributed by atoms with E-state index in [-0.39, 0.29) is 17.4 Å². The molecule has 2 aromatic rings. The van der Waals surface area contributed by atoms with Crippen molar-refractivity contribution in [3.05, 3.63) is 52.1 Å². The average Bonchev–Trinajstić information content (AvgIpc) is 2.88. The van der Waals surface area contributed by atoms with E-state index in [1.807, 2.05) is 6.07 Å². The first kappa shape index (κ1) is 15.5. The average molecular weight is 312 g/mol. The van der Waals surface area contributed by atoms with Crippen LogP contribution >= 0.6 is 11.6 Å². The Balaban J connectivity index is 1.86. The van der Waals surface area contributed by atoms with E-state index < -0.39 is 5.82 Å². The highest BCUT2D eigenvalue weighted by molar-refractivity contribution is 6.31. The number of carbonyl (C=O) groups excluding carboxylic acids is 1. The van der Waals surface area contributed by atoms with Gasteiger partial charge in [0.05, 0.1) is 31.0 Å². The second-order valence-electron chi connectivity index (χ2n) is 4.51. The molecule has 2 rings (SSSR count). The van der Waals surface area contributed by atoms with Crippen LogP contribution in [0.25, 0.3) is 0 Å². The highest BCUT2D eigenvalue weighted by atomic mass is 35.5. The number of H-pyrrole nitrogens is 1. The lowest BCUT2D eigenvalue weighted by atomic mass is 10.1. The van der Waals surface area contributed by atoms with E-state index in [0.29, 0.717) is 18.7 Å². The summed E-state index contributed by atoms with van der Waals surface area (Å²) in [5, 5.41) is 9.82. The van der Waals surface area contributed by atoms with Gasteiger partial charge in [-0.25, -0.2) is 4.39 Å². The Kier molecular flexibility index (Phi) is 5.30. The maximum atomic E-state index is 12.9. The third-order valence-corrected chi connectivity index (χ3v) is 3.17. The maximum Gasteiger partial charge on any atom is 0.224 e. The monoisotopic (exact) mass is 311 g/mol. The lowest BCUT2D eigenvalue weighted by Gasteiger charge is -2.05. The molecule has 0 aliphatic rings. The van der Waals surface area contributed by atoms with Crippen LogP contribution in [0.2, 0.25) is 5.02 Å². The van der Waals surface area contributed by atoms with Gasteiger partial charge in [0.25, 0.3) is 0 Å². The minimum absolute atomic E-state index is 0.0954. The second kappa shape index (κ2) is 7.19. The van der Waals surface area contributed by atoms with Gasteiger partial charge < -0.3 is 10.1 Å². The van der Waals surface area contributed by atoms with E-state index in [4.69, 9.17) is 16.3 Å². The number of halogens is 2. The normalized spacial score (nSPS) is 10.6. The van der Waals surface area contributed by atoms with Gasteiger partial charge in [0.1, 0.15) is 5.82 Å². The fraction of sp³-hybridized carbons (Fsp3) is 0.286. The zero-order valence-corrected chi connectivity index (χ0v) is 12.2. The van der Waals surface area contributed by atoms with Gasteiger partial charge in [-0.3, -0.25) is 9.89 Å². The van der Waals surface area contributed by atoms with Crippen LogP contribution in [0.3, 0.4) is 0 Å². The van der Waals surface area contributed by atoms with Crippen molar-refractivity contribution in [2.75, 3.05) is 7.11 Å².